The van der Waals surface area contributed by atoms with E-state index in [9.17, 15) is 0 Å². The van der Waals surface area contributed by atoms with Crippen molar-refractivity contribution in [1.29, 1.82) is 0 Å². The minimum atomic E-state index is -0.444. The number of hydrogen-bond acceptors (Lipinski definition) is 3. The molecule has 0 aromatic carbocycles. The predicted molar refractivity (Wildman–Crippen MR) is 113 cm³/mol. The van der Waals surface area contributed by atoms with E-state index in [1.54, 1.807) is 0 Å². The van der Waals surface area contributed by atoms with Crippen LogP contribution in [0.2, 0.25) is 0 Å². The first kappa shape index (κ1) is 25.9. The van der Waals surface area contributed by atoms with Gasteiger partial charge in [-0.3, -0.25) is 0 Å². The molecule has 0 amide bonds. The second-order valence-electron chi connectivity index (χ2n) is 7.72. The van der Waals surface area contributed by atoms with Crippen LogP contribution >= 0.6 is 0 Å². The van der Waals surface area contributed by atoms with Gasteiger partial charge >= 0.3 is 0 Å². The molecule has 0 heterocycles. The van der Waals surface area contributed by atoms with Gasteiger partial charge < -0.3 is 14.2 Å². The monoisotopic (exact) mass is 372 g/mol. The van der Waals surface area contributed by atoms with E-state index in [2.05, 4.69) is 34.6 Å². The summed E-state index contributed by atoms with van der Waals surface area (Å²) in [6, 6.07) is 0. The molecular formula is C23H48O3. The van der Waals surface area contributed by atoms with Gasteiger partial charge in [0.25, 0.3) is 0 Å². The predicted octanol–water partition coefficient (Wildman–Crippen LogP) is 7.13. The number of ether oxygens (including phenoxy) is 3. The molecule has 1 atom stereocenters. The molecule has 158 valence electrons. The molecule has 0 aromatic rings. The van der Waals surface area contributed by atoms with Crippen molar-refractivity contribution in [1.82, 2.24) is 0 Å². The highest BCUT2D eigenvalue weighted by molar-refractivity contribution is 4.76. The molecule has 0 aromatic heterocycles. The van der Waals surface area contributed by atoms with Gasteiger partial charge in [0.15, 0.2) is 5.79 Å². The maximum Gasteiger partial charge on any atom is 0.168 e. The van der Waals surface area contributed by atoms with Crippen molar-refractivity contribution in [2.45, 2.75) is 117 Å². The topological polar surface area (TPSA) is 27.7 Å². The van der Waals surface area contributed by atoms with Crippen LogP contribution < -0.4 is 0 Å². The lowest BCUT2D eigenvalue weighted by Crippen LogP contribution is -2.41. The van der Waals surface area contributed by atoms with Crippen LogP contribution in [0.1, 0.15) is 112 Å². The number of rotatable bonds is 20. The Hall–Kier alpha value is -0.120. The molecule has 0 aliphatic rings. The SMILES string of the molecule is CCCCCCCCC(CCCOCCC)C(C)(OCCC)OCCC. The minimum absolute atomic E-state index is 0.444. The lowest BCUT2D eigenvalue weighted by Gasteiger charge is -2.38. The van der Waals surface area contributed by atoms with E-state index < -0.39 is 5.79 Å². The van der Waals surface area contributed by atoms with Gasteiger partial charge in [-0.1, -0.05) is 66.2 Å². The normalized spacial score (nSPS) is 13.3. The van der Waals surface area contributed by atoms with Crippen LogP contribution in [0.15, 0.2) is 0 Å². The van der Waals surface area contributed by atoms with Crippen LogP contribution in [0.4, 0.5) is 0 Å². The van der Waals surface area contributed by atoms with Gasteiger partial charge in [0.05, 0.1) is 0 Å². The summed E-state index contributed by atoms with van der Waals surface area (Å²) in [5.41, 5.74) is 0. The lowest BCUT2D eigenvalue weighted by molar-refractivity contribution is -0.259. The highest BCUT2D eigenvalue weighted by Crippen LogP contribution is 2.33. The third kappa shape index (κ3) is 13.1. The minimum Gasteiger partial charge on any atom is -0.381 e. The maximum atomic E-state index is 6.25. The van der Waals surface area contributed by atoms with Crippen molar-refractivity contribution in [2.75, 3.05) is 26.4 Å². The molecule has 0 spiro atoms. The number of unbranched alkanes of at least 4 members (excludes halogenated alkanes) is 5. The van der Waals surface area contributed by atoms with Crippen molar-refractivity contribution in [2.24, 2.45) is 5.92 Å². The fourth-order valence-electron chi connectivity index (χ4n) is 3.40. The molecule has 26 heavy (non-hydrogen) atoms. The van der Waals surface area contributed by atoms with Crippen molar-refractivity contribution >= 4 is 0 Å². The standard InChI is InChI=1S/C23H48O3/c1-6-10-11-12-13-14-16-22(17-15-21-24-18-7-2)23(5,25-19-8-3)26-20-9-4/h22H,6-21H2,1-5H3. The summed E-state index contributed by atoms with van der Waals surface area (Å²) in [7, 11) is 0. The molecule has 0 bridgehead atoms. The van der Waals surface area contributed by atoms with E-state index in [1.807, 2.05) is 0 Å². The van der Waals surface area contributed by atoms with E-state index in [1.165, 1.54) is 44.9 Å². The summed E-state index contributed by atoms with van der Waals surface area (Å²) in [4.78, 5) is 0. The molecule has 0 saturated carbocycles. The summed E-state index contributed by atoms with van der Waals surface area (Å²) in [5, 5.41) is 0. The zero-order valence-corrected chi connectivity index (χ0v) is 18.6. The average Bonchev–Trinajstić information content (AvgIpc) is 2.65. The molecule has 0 fully saturated rings. The van der Waals surface area contributed by atoms with Gasteiger partial charge in [-0.15, -0.1) is 0 Å². The fraction of sp³-hybridized carbons (Fsp3) is 1.00. The first-order chi connectivity index (χ1) is 12.6. The largest absolute Gasteiger partial charge is 0.381 e. The van der Waals surface area contributed by atoms with Gasteiger partial charge in [-0.25, -0.2) is 0 Å². The zero-order chi connectivity index (χ0) is 19.5. The third-order valence-electron chi connectivity index (χ3n) is 5.02. The Morgan fingerprint density at radius 3 is 1.69 bits per heavy atom. The summed E-state index contributed by atoms with van der Waals surface area (Å²) < 4.78 is 18.2. The zero-order valence-electron chi connectivity index (χ0n) is 18.6. The Bertz CT molecular complexity index is 273. The Kier molecular flexibility index (Phi) is 18.2. The van der Waals surface area contributed by atoms with Gasteiger partial charge in [-0.2, -0.15) is 0 Å². The van der Waals surface area contributed by atoms with Crippen LogP contribution in [0.3, 0.4) is 0 Å². The molecule has 0 aliphatic heterocycles. The Morgan fingerprint density at radius 2 is 1.12 bits per heavy atom. The fourth-order valence-corrected chi connectivity index (χ4v) is 3.40. The summed E-state index contributed by atoms with van der Waals surface area (Å²) in [6.45, 7) is 14.2. The van der Waals surface area contributed by atoms with E-state index in [4.69, 9.17) is 14.2 Å². The maximum absolute atomic E-state index is 6.25. The second-order valence-corrected chi connectivity index (χ2v) is 7.72. The quantitative estimate of drug-likeness (QED) is 0.168. The third-order valence-corrected chi connectivity index (χ3v) is 5.02. The molecule has 0 aliphatic carbocycles. The first-order valence-electron chi connectivity index (χ1n) is 11.5. The smallest absolute Gasteiger partial charge is 0.168 e. The molecule has 0 N–H and O–H groups in total. The molecule has 1 unspecified atom stereocenters. The Labute approximate surface area is 164 Å². The van der Waals surface area contributed by atoms with Crippen LogP contribution in [0.5, 0.6) is 0 Å². The van der Waals surface area contributed by atoms with E-state index in [0.29, 0.717) is 5.92 Å². The van der Waals surface area contributed by atoms with Gasteiger partial charge in [0.2, 0.25) is 0 Å². The molecule has 0 saturated heterocycles. The second kappa shape index (κ2) is 18.3. The van der Waals surface area contributed by atoms with Gasteiger partial charge in [0.1, 0.15) is 0 Å². The number of hydrogen-bond donors (Lipinski definition) is 0. The van der Waals surface area contributed by atoms with Crippen LogP contribution in [-0.2, 0) is 14.2 Å². The molecule has 3 nitrogen and oxygen atoms in total. The van der Waals surface area contributed by atoms with E-state index in [0.717, 1.165) is 58.5 Å². The highest BCUT2D eigenvalue weighted by Gasteiger charge is 2.35. The van der Waals surface area contributed by atoms with Crippen molar-refractivity contribution in [3.05, 3.63) is 0 Å². The molecule has 0 rings (SSSR count). The summed E-state index contributed by atoms with van der Waals surface area (Å²) in [6.07, 6.45) is 14.6. The van der Waals surface area contributed by atoms with Crippen molar-refractivity contribution in [3.63, 3.8) is 0 Å². The molecule has 3 heteroatoms. The van der Waals surface area contributed by atoms with Crippen molar-refractivity contribution in [3.8, 4) is 0 Å². The van der Waals surface area contributed by atoms with Crippen molar-refractivity contribution < 1.29 is 14.2 Å². The van der Waals surface area contributed by atoms with E-state index >= 15 is 0 Å². The van der Waals surface area contributed by atoms with Gasteiger partial charge in [-0.05, 0) is 45.4 Å². The highest BCUT2D eigenvalue weighted by atomic mass is 16.7. The summed E-state index contributed by atoms with van der Waals surface area (Å²) in [5.74, 6) is 0.0113. The van der Waals surface area contributed by atoms with E-state index in [-0.39, 0.29) is 0 Å². The van der Waals surface area contributed by atoms with Crippen LogP contribution in [0.25, 0.3) is 0 Å². The molecular weight excluding hydrogens is 324 g/mol. The summed E-state index contributed by atoms with van der Waals surface area (Å²) >= 11 is 0. The molecule has 0 radical (unpaired) electrons. The van der Waals surface area contributed by atoms with Crippen LogP contribution in [0, 0.1) is 5.92 Å². The van der Waals surface area contributed by atoms with Gasteiger partial charge in [0, 0.05) is 32.3 Å². The first-order valence-corrected chi connectivity index (χ1v) is 11.5. The lowest BCUT2D eigenvalue weighted by atomic mass is 9.88. The average molecular weight is 373 g/mol. The van der Waals surface area contributed by atoms with Crippen LogP contribution in [-0.4, -0.2) is 32.2 Å². The Balaban J connectivity index is 4.59. The Morgan fingerprint density at radius 1 is 0.577 bits per heavy atom.